The summed E-state index contributed by atoms with van der Waals surface area (Å²) in [5.41, 5.74) is 1.68. The van der Waals surface area contributed by atoms with Crippen molar-refractivity contribution in [3.8, 4) is 0 Å². The smallest absolute Gasteiger partial charge is 0.292 e. The molecule has 1 amide bonds. The van der Waals surface area contributed by atoms with E-state index in [2.05, 4.69) is 15.9 Å². The average molecular weight is 298 g/mol. The van der Waals surface area contributed by atoms with E-state index >= 15 is 0 Å². The highest BCUT2D eigenvalue weighted by Crippen LogP contribution is 2.46. The fourth-order valence-corrected chi connectivity index (χ4v) is 2.78. The number of nitrogens with zero attached hydrogens (tertiary/aromatic N) is 1. The second-order valence-corrected chi connectivity index (χ2v) is 4.94. The van der Waals surface area contributed by atoms with Crippen LogP contribution in [0.25, 0.3) is 0 Å². The van der Waals surface area contributed by atoms with Crippen molar-refractivity contribution >= 4 is 27.5 Å². The van der Waals surface area contributed by atoms with Gasteiger partial charge in [-0.2, -0.15) is 0 Å². The molecule has 2 aliphatic heterocycles. The summed E-state index contributed by atoms with van der Waals surface area (Å²) in [4.78, 5) is 14.1. The third-order valence-corrected chi connectivity index (χ3v) is 3.63. The predicted molar refractivity (Wildman–Crippen MR) is 65.8 cm³/mol. The van der Waals surface area contributed by atoms with Crippen LogP contribution in [0.1, 0.15) is 12.5 Å². The van der Waals surface area contributed by atoms with Gasteiger partial charge in [0.2, 0.25) is 0 Å². The molecule has 0 N–H and O–H groups in total. The van der Waals surface area contributed by atoms with Crippen LogP contribution in [-0.4, -0.2) is 25.7 Å². The van der Waals surface area contributed by atoms with Crippen molar-refractivity contribution in [2.45, 2.75) is 12.7 Å². The number of ether oxygens (including phenoxy) is 2. The maximum Gasteiger partial charge on any atom is 0.292 e. The molecule has 0 atom stereocenters. The van der Waals surface area contributed by atoms with E-state index in [9.17, 15) is 4.79 Å². The molecule has 0 aliphatic carbocycles. The normalized spacial score (nSPS) is 21.3. The molecule has 4 nitrogen and oxygen atoms in total. The molecule has 1 fully saturated rings. The molecule has 5 heteroatoms. The van der Waals surface area contributed by atoms with E-state index in [-0.39, 0.29) is 5.91 Å². The molecule has 1 aromatic carbocycles. The Morgan fingerprint density at radius 2 is 2.12 bits per heavy atom. The summed E-state index contributed by atoms with van der Waals surface area (Å²) in [6, 6.07) is 5.73. The number of benzene rings is 1. The van der Waals surface area contributed by atoms with Crippen LogP contribution in [0.15, 0.2) is 22.7 Å². The first-order valence-corrected chi connectivity index (χ1v) is 6.38. The van der Waals surface area contributed by atoms with Crippen LogP contribution >= 0.6 is 15.9 Å². The van der Waals surface area contributed by atoms with Crippen molar-refractivity contribution in [2.75, 3.05) is 24.7 Å². The van der Waals surface area contributed by atoms with Crippen LogP contribution in [0.5, 0.6) is 0 Å². The molecule has 2 heterocycles. The summed E-state index contributed by atoms with van der Waals surface area (Å²) >= 11 is 3.42. The van der Waals surface area contributed by atoms with E-state index in [0.29, 0.717) is 19.8 Å². The largest absolute Gasteiger partial charge is 0.336 e. The number of carbonyl (C=O) groups excluding carboxylic acids is 1. The van der Waals surface area contributed by atoms with Crippen molar-refractivity contribution in [3.63, 3.8) is 0 Å². The van der Waals surface area contributed by atoms with Crippen molar-refractivity contribution in [1.82, 2.24) is 0 Å². The zero-order valence-electron chi connectivity index (χ0n) is 9.40. The molecular weight excluding hydrogens is 286 g/mol. The van der Waals surface area contributed by atoms with E-state index in [1.807, 2.05) is 25.1 Å². The Balaban J connectivity index is 2.21. The van der Waals surface area contributed by atoms with Gasteiger partial charge in [0.05, 0.1) is 18.9 Å². The molecule has 0 radical (unpaired) electrons. The molecule has 90 valence electrons. The van der Waals surface area contributed by atoms with Gasteiger partial charge >= 0.3 is 0 Å². The number of likely N-dealkylation sites (N-methyl/N-ethyl adjacent to an activating group) is 1. The lowest BCUT2D eigenvalue weighted by molar-refractivity contribution is -0.180. The van der Waals surface area contributed by atoms with Gasteiger partial charge < -0.3 is 14.4 Å². The number of halogens is 1. The summed E-state index contributed by atoms with van der Waals surface area (Å²) in [7, 11) is 0. The molecule has 1 aromatic rings. The number of carbonyl (C=O) groups is 1. The third-order valence-electron chi connectivity index (χ3n) is 3.14. The van der Waals surface area contributed by atoms with Crippen LogP contribution < -0.4 is 4.90 Å². The van der Waals surface area contributed by atoms with Crippen LogP contribution in [0, 0.1) is 0 Å². The first kappa shape index (κ1) is 11.2. The summed E-state index contributed by atoms with van der Waals surface area (Å²) in [6.07, 6.45) is 0. The van der Waals surface area contributed by atoms with Gasteiger partial charge in [0.15, 0.2) is 0 Å². The molecule has 2 aliphatic rings. The summed E-state index contributed by atoms with van der Waals surface area (Å²) < 4.78 is 12.1. The lowest BCUT2D eigenvalue weighted by Crippen LogP contribution is -2.41. The summed E-state index contributed by atoms with van der Waals surface area (Å²) in [6.45, 7) is 3.46. The molecule has 0 unspecified atom stereocenters. The Hall–Kier alpha value is -0.910. The fourth-order valence-electron chi connectivity index (χ4n) is 2.41. The highest BCUT2D eigenvalue weighted by Gasteiger charge is 2.55. The molecule has 1 spiro atoms. The van der Waals surface area contributed by atoms with Gasteiger partial charge in [-0.05, 0) is 25.1 Å². The Morgan fingerprint density at radius 3 is 2.76 bits per heavy atom. The van der Waals surface area contributed by atoms with Crippen LogP contribution in [-0.2, 0) is 20.1 Å². The van der Waals surface area contributed by atoms with Gasteiger partial charge in [0, 0.05) is 16.6 Å². The van der Waals surface area contributed by atoms with Gasteiger partial charge in [-0.15, -0.1) is 0 Å². The summed E-state index contributed by atoms with van der Waals surface area (Å²) in [5.74, 6) is -1.32. The monoisotopic (exact) mass is 297 g/mol. The predicted octanol–water partition coefficient (Wildman–Crippen LogP) is 2.02. The zero-order chi connectivity index (χ0) is 12.0. The maximum atomic E-state index is 12.4. The maximum absolute atomic E-state index is 12.4. The molecular formula is C12H12BrNO3. The lowest BCUT2D eigenvalue weighted by atomic mass is 10.1. The third kappa shape index (κ3) is 1.39. The minimum Gasteiger partial charge on any atom is -0.336 e. The standard InChI is InChI=1S/C12H12BrNO3/c1-2-14-10-4-3-8(13)7-9(10)12(11(14)15)16-5-6-17-12/h3-4,7H,2,5-6H2,1H3. The zero-order valence-corrected chi connectivity index (χ0v) is 11.0. The van der Waals surface area contributed by atoms with Gasteiger partial charge in [0.25, 0.3) is 11.7 Å². The lowest BCUT2D eigenvalue weighted by Gasteiger charge is -2.21. The Morgan fingerprint density at radius 1 is 1.41 bits per heavy atom. The second-order valence-electron chi connectivity index (χ2n) is 4.02. The van der Waals surface area contributed by atoms with Crippen molar-refractivity contribution in [3.05, 3.63) is 28.2 Å². The second kappa shape index (κ2) is 3.80. The number of anilines is 1. The minimum absolute atomic E-state index is 0.120. The highest BCUT2D eigenvalue weighted by atomic mass is 79.9. The molecule has 0 bridgehead atoms. The van der Waals surface area contributed by atoms with Crippen molar-refractivity contribution in [1.29, 1.82) is 0 Å². The highest BCUT2D eigenvalue weighted by molar-refractivity contribution is 9.10. The fraction of sp³-hybridized carbons (Fsp3) is 0.417. The quantitative estimate of drug-likeness (QED) is 0.796. The van der Waals surface area contributed by atoms with Crippen molar-refractivity contribution < 1.29 is 14.3 Å². The number of hydrogen-bond acceptors (Lipinski definition) is 3. The molecule has 0 saturated carbocycles. The topological polar surface area (TPSA) is 38.8 Å². The summed E-state index contributed by atoms with van der Waals surface area (Å²) in [5, 5.41) is 0. The first-order chi connectivity index (χ1) is 8.19. The number of hydrogen-bond donors (Lipinski definition) is 0. The first-order valence-electron chi connectivity index (χ1n) is 5.59. The van der Waals surface area contributed by atoms with E-state index in [1.165, 1.54) is 0 Å². The molecule has 3 rings (SSSR count). The van der Waals surface area contributed by atoms with Gasteiger partial charge in [-0.1, -0.05) is 15.9 Å². The van der Waals surface area contributed by atoms with E-state index in [4.69, 9.17) is 9.47 Å². The van der Waals surface area contributed by atoms with Crippen LogP contribution in [0.3, 0.4) is 0 Å². The SMILES string of the molecule is CCN1C(=O)C2(OCCO2)c2cc(Br)ccc21. The van der Waals surface area contributed by atoms with E-state index in [0.717, 1.165) is 15.7 Å². The average Bonchev–Trinajstić information content (AvgIpc) is 2.88. The Labute approximate surface area is 108 Å². The van der Waals surface area contributed by atoms with Crippen LogP contribution in [0.4, 0.5) is 5.69 Å². The van der Waals surface area contributed by atoms with E-state index < -0.39 is 5.79 Å². The Bertz CT molecular complexity index is 483. The number of fused-ring (bicyclic) bond motifs is 2. The van der Waals surface area contributed by atoms with Gasteiger partial charge in [0.1, 0.15) is 0 Å². The van der Waals surface area contributed by atoms with Gasteiger partial charge in [-0.25, -0.2) is 0 Å². The van der Waals surface area contributed by atoms with Crippen molar-refractivity contribution in [2.24, 2.45) is 0 Å². The van der Waals surface area contributed by atoms with Crippen LogP contribution in [0.2, 0.25) is 0 Å². The molecule has 0 aromatic heterocycles. The van der Waals surface area contributed by atoms with E-state index in [1.54, 1.807) is 4.90 Å². The Kier molecular flexibility index (Phi) is 2.50. The number of rotatable bonds is 1. The molecule has 17 heavy (non-hydrogen) atoms. The number of amides is 1. The van der Waals surface area contributed by atoms with Gasteiger partial charge in [-0.3, -0.25) is 4.79 Å². The minimum atomic E-state index is -1.20. The molecule has 1 saturated heterocycles.